The lowest BCUT2D eigenvalue weighted by molar-refractivity contribution is 0.370. The van der Waals surface area contributed by atoms with Crippen LogP contribution in [0.3, 0.4) is 0 Å². The Morgan fingerprint density at radius 1 is 1.19 bits per heavy atom. The molecule has 2 aromatic rings. The largest absolute Gasteiger partial charge is 0.366 e. The van der Waals surface area contributed by atoms with E-state index in [0.717, 1.165) is 30.9 Å². The minimum Gasteiger partial charge on any atom is -0.366 e. The first-order valence-electron chi connectivity index (χ1n) is 9.22. The number of nitrogens with zero attached hydrogens (tertiary/aromatic N) is 6. The number of hydrogen-bond acceptors (Lipinski definition) is 4. The van der Waals surface area contributed by atoms with Gasteiger partial charge >= 0.3 is 0 Å². The molecule has 9 heteroatoms. The van der Waals surface area contributed by atoms with Gasteiger partial charge in [-0.2, -0.15) is 0 Å². The van der Waals surface area contributed by atoms with Gasteiger partial charge in [-0.3, -0.25) is 0 Å². The quantitative estimate of drug-likeness (QED) is 0.637. The molecule has 0 amide bonds. The van der Waals surface area contributed by atoms with E-state index >= 15 is 0 Å². The van der Waals surface area contributed by atoms with Gasteiger partial charge in [-0.15, -0.1) is 10.2 Å². The van der Waals surface area contributed by atoms with Crippen LogP contribution in [0.5, 0.6) is 0 Å². The van der Waals surface area contributed by atoms with Crippen molar-refractivity contribution in [1.82, 2.24) is 25.0 Å². The van der Waals surface area contributed by atoms with Gasteiger partial charge < -0.3 is 19.7 Å². The van der Waals surface area contributed by atoms with Crippen LogP contribution in [0.15, 0.2) is 29.5 Å². The normalized spacial score (nSPS) is 15.3. The minimum atomic E-state index is -0.427. The molecule has 0 saturated carbocycles. The van der Waals surface area contributed by atoms with E-state index in [1.165, 1.54) is 12.1 Å². The van der Waals surface area contributed by atoms with Crippen molar-refractivity contribution in [3.05, 3.63) is 42.0 Å². The third kappa shape index (κ3) is 4.53. The average molecular weight is 377 g/mol. The second-order valence-electron chi connectivity index (χ2n) is 6.27. The highest BCUT2D eigenvalue weighted by Crippen LogP contribution is 2.22. The van der Waals surface area contributed by atoms with Crippen LogP contribution in [-0.2, 0) is 13.1 Å². The molecule has 0 spiro atoms. The molecule has 1 fully saturated rings. The van der Waals surface area contributed by atoms with Gasteiger partial charge in [0.25, 0.3) is 0 Å². The van der Waals surface area contributed by atoms with E-state index in [9.17, 15) is 8.78 Å². The number of aliphatic imine (C=N–C) groups is 1. The second kappa shape index (κ2) is 8.79. The van der Waals surface area contributed by atoms with Gasteiger partial charge in [0.15, 0.2) is 11.8 Å². The molecule has 1 aliphatic heterocycles. The SMILES string of the molecule is CCNC(=NCc1nncn1CC)N1CCN(c2cc(F)ccc2F)CC1. The van der Waals surface area contributed by atoms with Gasteiger partial charge in [-0.05, 0) is 26.0 Å². The Labute approximate surface area is 157 Å². The van der Waals surface area contributed by atoms with Crippen LogP contribution in [0.1, 0.15) is 19.7 Å². The zero-order chi connectivity index (χ0) is 19.2. The molecule has 1 aromatic carbocycles. The van der Waals surface area contributed by atoms with E-state index in [4.69, 9.17) is 0 Å². The summed E-state index contributed by atoms with van der Waals surface area (Å²) in [6.07, 6.45) is 1.70. The minimum absolute atomic E-state index is 0.313. The summed E-state index contributed by atoms with van der Waals surface area (Å²) >= 11 is 0. The molecule has 1 saturated heterocycles. The summed E-state index contributed by atoms with van der Waals surface area (Å²) < 4.78 is 29.4. The molecule has 2 heterocycles. The van der Waals surface area contributed by atoms with Crippen molar-refractivity contribution >= 4 is 11.6 Å². The number of guanidine groups is 1. The van der Waals surface area contributed by atoms with E-state index in [1.54, 1.807) is 6.33 Å². The summed E-state index contributed by atoms with van der Waals surface area (Å²) in [6.45, 7) is 8.56. The smallest absolute Gasteiger partial charge is 0.194 e. The predicted octanol–water partition coefficient (Wildman–Crippen LogP) is 1.86. The van der Waals surface area contributed by atoms with Crippen LogP contribution in [0.4, 0.5) is 14.5 Å². The molecular weight excluding hydrogens is 352 g/mol. The lowest BCUT2D eigenvalue weighted by atomic mass is 10.2. The zero-order valence-electron chi connectivity index (χ0n) is 15.7. The summed E-state index contributed by atoms with van der Waals surface area (Å²) in [6, 6.07) is 3.56. The maximum Gasteiger partial charge on any atom is 0.194 e. The van der Waals surface area contributed by atoms with Gasteiger partial charge in [0.2, 0.25) is 0 Å². The monoisotopic (exact) mass is 377 g/mol. The van der Waals surface area contributed by atoms with E-state index in [1.807, 2.05) is 23.3 Å². The van der Waals surface area contributed by atoms with E-state index in [2.05, 4.69) is 25.4 Å². The third-order valence-corrected chi connectivity index (χ3v) is 4.57. The summed E-state index contributed by atoms with van der Waals surface area (Å²) in [4.78, 5) is 8.67. The Kier molecular flexibility index (Phi) is 6.20. The van der Waals surface area contributed by atoms with Crippen molar-refractivity contribution in [2.24, 2.45) is 4.99 Å². The van der Waals surface area contributed by atoms with Crippen molar-refractivity contribution in [1.29, 1.82) is 0 Å². The molecule has 0 radical (unpaired) electrons. The number of halogens is 2. The first-order chi connectivity index (χ1) is 13.1. The fourth-order valence-corrected chi connectivity index (χ4v) is 3.12. The van der Waals surface area contributed by atoms with E-state index < -0.39 is 11.6 Å². The average Bonchev–Trinajstić information content (AvgIpc) is 3.15. The number of aryl methyl sites for hydroxylation is 1. The van der Waals surface area contributed by atoms with Gasteiger partial charge in [-0.25, -0.2) is 13.8 Å². The number of rotatable bonds is 5. The molecule has 3 rings (SSSR count). The molecular formula is C18H25F2N7. The summed E-state index contributed by atoms with van der Waals surface area (Å²) in [7, 11) is 0. The highest BCUT2D eigenvalue weighted by molar-refractivity contribution is 5.80. The predicted molar refractivity (Wildman–Crippen MR) is 101 cm³/mol. The number of piperazine rings is 1. The van der Waals surface area contributed by atoms with Crippen LogP contribution in [0, 0.1) is 11.6 Å². The molecule has 1 aliphatic rings. The molecule has 146 valence electrons. The molecule has 0 atom stereocenters. The number of benzene rings is 1. The molecule has 0 aliphatic carbocycles. The van der Waals surface area contributed by atoms with Crippen molar-refractivity contribution < 1.29 is 8.78 Å². The lowest BCUT2D eigenvalue weighted by Crippen LogP contribution is -2.52. The maximum absolute atomic E-state index is 14.0. The van der Waals surface area contributed by atoms with Gasteiger partial charge in [0, 0.05) is 45.3 Å². The fraction of sp³-hybridized carbons (Fsp3) is 0.500. The Bertz CT molecular complexity index is 782. The standard InChI is InChI=1S/C18H25F2N7/c1-3-21-18(22-12-17-24-23-13-25(17)4-2)27-9-7-26(8-10-27)16-11-14(19)5-6-15(16)20/h5-6,11,13H,3-4,7-10,12H2,1-2H3,(H,21,22). The maximum atomic E-state index is 14.0. The fourth-order valence-electron chi connectivity index (χ4n) is 3.12. The molecule has 7 nitrogen and oxygen atoms in total. The molecule has 1 aromatic heterocycles. The van der Waals surface area contributed by atoms with Gasteiger partial charge in [0.1, 0.15) is 24.5 Å². The number of hydrogen-bond donors (Lipinski definition) is 1. The highest BCUT2D eigenvalue weighted by Gasteiger charge is 2.22. The summed E-state index contributed by atoms with van der Waals surface area (Å²) in [5.74, 6) is 0.781. The van der Waals surface area contributed by atoms with Crippen LogP contribution in [0.2, 0.25) is 0 Å². The summed E-state index contributed by atoms with van der Waals surface area (Å²) in [5.41, 5.74) is 0.313. The number of aromatic nitrogens is 3. The Balaban J connectivity index is 1.66. The zero-order valence-corrected chi connectivity index (χ0v) is 15.7. The molecule has 0 unspecified atom stereocenters. The van der Waals surface area contributed by atoms with Crippen LogP contribution in [-0.4, -0.2) is 58.3 Å². The van der Waals surface area contributed by atoms with Crippen molar-refractivity contribution in [2.45, 2.75) is 26.9 Å². The summed E-state index contributed by atoms with van der Waals surface area (Å²) in [5, 5.41) is 11.3. The van der Waals surface area contributed by atoms with Crippen molar-refractivity contribution in [3.63, 3.8) is 0 Å². The first kappa shape index (κ1) is 19.1. The highest BCUT2D eigenvalue weighted by atomic mass is 19.1. The Hall–Kier alpha value is -2.71. The molecule has 0 bridgehead atoms. The number of nitrogens with one attached hydrogen (secondary N) is 1. The van der Waals surface area contributed by atoms with Crippen LogP contribution >= 0.6 is 0 Å². The Morgan fingerprint density at radius 3 is 2.67 bits per heavy atom. The second-order valence-corrected chi connectivity index (χ2v) is 6.27. The first-order valence-corrected chi connectivity index (χ1v) is 9.22. The molecule has 1 N–H and O–H groups in total. The molecule has 27 heavy (non-hydrogen) atoms. The van der Waals surface area contributed by atoms with Gasteiger partial charge in [0.05, 0.1) is 5.69 Å². The van der Waals surface area contributed by atoms with E-state index in [0.29, 0.717) is 38.4 Å². The van der Waals surface area contributed by atoms with Gasteiger partial charge in [-0.1, -0.05) is 0 Å². The third-order valence-electron chi connectivity index (χ3n) is 4.57. The van der Waals surface area contributed by atoms with Crippen molar-refractivity contribution in [3.8, 4) is 0 Å². The van der Waals surface area contributed by atoms with Crippen molar-refractivity contribution in [2.75, 3.05) is 37.6 Å². The lowest BCUT2D eigenvalue weighted by Gasteiger charge is -2.37. The van der Waals surface area contributed by atoms with Crippen LogP contribution < -0.4 is 10.2 Å². The van der Waals surface area contributed by atoms with Crippen LogP contribution in [0.25, 0.3) is 0 Å². The topological polar surface area (TPSA) is 61.6 Å². The number of anilines is 1. The van der Waals surface area contributed by atoms with E-state index in [-0.39, 0.29) is 0 Å². The Morgan fingerprint density at radius 2 is 1.96 bits per heavy atom.